The summed E-state index contributed by atoms with van der Waals surface area (Å²) in [6.45, 7) is 4.90. The number of nitro benzene ring substituents is 1. The molecule has 28 heavy (non-hydrogen) atoms. The number of benzene rings is 2. The lowest BCUT2D eigenvalue weighted by Gasteiger charge is -2.39. The molecule has 0 aliphatic carbocycles. The number of nitrogens with zero attached hydrogens (tertiary/aromatic N) is 2. The van der Waals surface area contributed by atoms with Crippen LogP contribution in [0.4, 0.5) is 5.69 Å². The second-order valence-corrected chi connectivity index (χ2v) is 8.59. The van der Waals surface area contributed by atoms with Crippen LogP contribution in [0.15, 0.2) is 42.5 Å². The van der Waals surface area contributed by atoms with Crippen LogP contribution in [-0.2, 0) is 12.8 Å². The Morgan fingerprint density at radius 3 is 2.75 bits per heavy atom. The molecule has 0 aromatic heterocycles. The maximum atomic E-state index is 11.5. The Balaban J connectivity index is 1.70. The molecule has 2 heterocycles. The molecule has 2 aliphatic heterocycles. The third-order valence-corrected chi connectivity index (χ3v) is 5.85. The molecule has 1 saturated heterocycles. The van der Waals surface area contributed by atoms with Crippen molar-refractivity contribution in [2.24, 2.45) is 11.8 Å². The summed E-state index contributed by atoms with van der Waals surface area (Å²) in [7, 11) is 0. The molecule has 0 radical (unpaired) electrons. The first-order valence-electron chi connectivity index (χ1n) is 9.89. The fourth-order valence-corrected chi connectivity index (χ4v) is 4.74. The van der Waals surface area contributed by atoms with Crippen molar-refractivity contribution in [2.45, 2.75) is 51.2 Å². The lowest BCUT2D eigenvalue weighted by molar-refractivity contribution is -0.385. The molecule has 0 saturated carbocycles. The molecule has 2 aromatic carbocycles. The Morgan fingerprint density at radius 2 is 2.04 bits per heavy atom. The van der Waals surface area contributed by atoms with Gasteiger partial charge in [-0.15, -0.1) is 0 Å². The van der Waals surface area contributed by atoms with E-state index in [1.807, 2.05) is 37.1 Å². The number of hydrazine groups is 1. The average molecular weight is 381 g/mol. The second kappa shape index (κ2) is 7.18. The van der Waals surface area contributed by atoms with E-state index in [0.29, 0.717) is 12.8 Å². The van der Waals surface area contributed by atoms with E-state index in [1.54, 1.807) is 12.1 Å². The van der Waals surface area contributed by atoms with E-state index in [-0.39, 0.29) is 28.2 Å². The monoisotopic (exact) mass is 381 g/mol. The first kappa shape index (κ1) is 18.9. The molecule has 0 bridgehead atoms. The minimum atomic E-state index is -0.336. The van der Waals surface area contributed by atoms with E-state index in [2.05, 4.69) is 12.1 Å². The summed E-state index contributed by atoms with van der Waals surface area (Å²) in [6, 6.07) is 13.7. The Morgan fingerprint density at radius 1 is 1.29 bits per heavy atom. The summed E-state index contributed by atoms with van der Waals surface area (Å²) in [5.41, 5.74) is 2.86. The fourth-order valence-electron chi connectivity index (χ4n) is 4.74. The van der Waals surface area contributed by atoms with Gasteiger partial charge in [0.05, 0.1) is 11.0 Å². The third kappa shape index (κ3) is 3.62. The van der Waals surface area contributed by atoms with Gasteiger partial charge in [-0.3, -0.25) is 16.0 Å². The highest BCUT2D eigenvalue weighted by molar-refractivity contribution is 5.53. The maximum absolute atomic E-state index is 11.5. The van der Waals surface area contributed by atoms with Gasteiger partial charge in [0.15, 0.2) is 0 Å². The number of hydrogen-bond donors (Lipinski definition) is 1. The molecule has 6 heteroatoms. The van der Waals surface area contributed by atoms with Crippen LogP contribution >= 0.6 is 0 Å². The largest absolute Gasteiger partial charge is 0.487 e. The van der Waals surface area contributed by atoms with Gasteiger partial charge in [0.1, 0.15) is 11.4 Å². The number of hydrogen-bond acceptors (Lipinski definition) is 5. The van der Waals surface area contributed by atoms with E-state index in [9.17, 15) is 10.1 Å². The average Bonchev–Trinajstić information content (AvgIpc) is 2.97. The van der Waals surface area contributed by atoms with E-state index >= 15 is 0 Å². The predicted octanol–water partition coefficient (Wildman–Crippen LogP) is 4.18. The molecule has 0 amide bonds. The first-order chi connectivity index (χ1) is 13.3. The van der Waals surface area contributed by atoms with E-state index < -0.39 is 0 Å². The van der Waals surface area contributed by atoms with Gasteiger partial charge < -0.3 is 4.74 Å². The van der Waals surface area contributed by atoms with Gasteiger partial charge in [0.2, 0.25) is 0 Å². The summed E-state index contributed by atoms with van der Waals surface area (Å²) in [6.07, 6.45) is 3.46. The van der Waals surface area contributed by atoms with Gasteiger partial charge >= 0.3 is 0 Å². The number of ether oxygens (including phenoxy) is 1. The molecule has 0 spiro atoms. The van der Waals surface area contributed by atoms with Gasteiger partial charge in [0.25, 0.3) is 5.69 Å². The van der Waals surface area contributed by atoms with Gasteiger partial charge in [-0.1, -0.05) is 30.3 Å². The number of piperidine rings is 1. The van der Waals surface area contributed by atoms with Crippen LogP contribution in [0.25, 0.3) is 0 Å². The van der Waals surface area contributed by atoms with Crippen LogP contribution in [0.2, 0.25) is 0 Å². The predicted molar refractivity (Wildman–Crippen MR) is 108 cm³/mol. The van der Waals surface area contributed by atoms with Crippen molar-refractivity contribution in [2.75, 3.05) is 6.54 Å². The minimum Gasteiger partial charge on any atom is -0.487 e. The van der Waals surface area contributed by atoms with Crippen LogP contribution in [0, 0.1) is 16.0 Å². The van der Waals surface area contributed by atoms with Gasteiger partial charge in [-0.05, 0) is 44.6 Å². The third-order valence-electron chi connectivity index (χ3n) is 5.85. The number of nitrogens with two attached hydrogens (primary N) is 1. The second-order valence-electron chi connectivity index (χ2n) is 8.59. The Kier molecular flexibility index (Phi) is 4.85. The molecule has 2 atom stereocenters. The lowest BCUT2D eigenvalue weighted by atomic mass is 9.81. The number of fused-ring (bicyclic) bond motifs is 1. The Bertz CT molecular complexity index is 882. The van der Waals surface area contributed by atoms with E-state index in [1.165, 1.54) is 5.56 Å². The highest BCUT2D eigenvalue weighted by Gasteiger charge is 2.36. The summed E-state index contributed by atoms with van der Waals surface area (Å²) < 4.78 is 6.20. The van der Waals surface area contributed by atoms with E-state index in [4.69, 9.17) is 10.6 Å². The van der Waals surface area contributed by atoms with Crippen molar-refractivity contribution in [3.05, 3.63) is 69.3 Å². The van der Waals surface area contributed by atoms with Crippen LogP contribution in [0.5, 0.6) is 5.75 Å². The summed E-state index contributed by atoms with van der Waals surface area (Å²) >= 11 is 0. The van der Waals surface area contributed by atoms with Crippen molar-refractivity contribution in [1.82, 2.24) is 5.01 Å². The van der Waals surface area contributed by atoms with Crippen LogP contribution in [0.1, 0.15) is 49.4 Å². The molecule has 2 aromatic rings. The molecule has 2 N–H and O–H groups in total. The zero-order valence-electron chi connectivity index (χ0n) is 16.4. The van der Waals surface area contributed by atoms with Gasteiger partial charge in [0, 0.05) is 36.2 Å². The minimum absolute atomic E-state index is 0.0966. The zero-order valence-corrected chi connectivity index (χ0v) is 16.4. The highest BCUT2D eigenvalue weighted by atomic mass is 16.6. The van der Waals surface area contributed by atoms with E-state index in [0.717, 1.165) is 36.3 Å². The van der Waals surface area contributed by atoms with Crippen molar-refractivity contribution >= 4 is 5.69 Å². The Labute approximate surface area is 165 Å². The van der Waals surface area contributed by atoms with Crippen LogP contribution in [0.3, 0.4) is 0 Å². The molecular weight excluding hydrogens is 354 g/mol. The maximum Gasteiger partial charge on any atom is 0.270 e. The van der Waals surface area contributed by atoms with Gasteiger partial charge in [-0.2, -0.15) is 0 Å². The molecule has 6 nitrogen and oxygen atoms in total. The summed E-state index contributed by atoms with van der Waals surface area (Å²) in [5, 5.41) is 13.4. The topological polar surface area (TPSA) is 81.6 Å². The van der Waals surface area contributed by atoms with Crippen molar-refractivity contribution in [3.8, 4) is 5.75 Å². The summed E-state index contributed by atoms with van der Waals surface area (Å²) in [5.74, 6) is 7.49. The summed E-state index contributed by atoms with van der Waals surface area (Å²) in [4.78, 5) is 11.2. The Hall–Kier alpha value is -2.44. The molecule has 148 valence electrons. The first-order valence-corrected chi connectivity index (χ1v) is 9.89. The normalized spacial score (nSPS) is 23.8. The van der Waals surface area contributed by atoms with Crippen molar-refractivity contribution in [3.63, 3.8) is 0 Å². The fraction of sp³-hybridized carbons (Fsp3) is 0.455. The quantitative estimate of drug-likeness (QED) is 0.488. The number of rotatable bonds is 4. The molecular formula is C22H27N3O3. The number of nitro groups is 1. The lowest BCUT2D eigenvalue weighted by Crippen LogP contribution is -2.44. The smallest absolute Gasteiger partial charge is 0.270 e. The SMILES string of the molecule is CC1(C)Cc2cc([N+](=O)[O-])cc(C[C@@H]3CCCN(N)[C@@H]3c3ccccc3)c2O1. The highest BCUT2D eigenvalue weighted by Crippen LogP contribution is 2.44. The van der Waals surface area contributed by atoms with Crippen molar-refractivity contribution < 1.29 is 9.66 Å². The van der Waals surface area contributed by atoms with Crippen LogP contribution < -0.4 is 10.6 Å². The van der Waals surface area contributed by atoms with Crippen LogP contribution in [-0.4, -0.2) is 22.1 Å². The molecule has 1 fully saturated rings. The molecule has 0 unspecified atom stereocenters. The van der Waals surface area contributed by atoms with Gasteiger partial charge in [-0.25, -0.2) is 5.01 Å². The van der Waals surface area contributed by atoms with Crippen molar-refractivity contribution in [1.29, 1.82) is 0 Å². The zero-order chi connectivity index (χ0) is 19.9. The molecule has 2 aliphatic rings. The number of non-ortho nitro benzene ring substituents is 1. The molecule has 4 rings (SSSR count). The standard InChI is InChI=1S/C22H27N3O3/c1-22(2)14-18-13-19(25(26)27)12-17(21(18)28-22)11-16-9-6-10-24(23)20(16)15-7-4-3-5-8-15/h3-5,7-8,12-13,16,20H,6,9-11,14,23H2,1-2H3/t16-,20+/m0/s1.